The number of nitrogens with zero attached hydrogens (tertiary/aromatic N) is 4. The molecule has 1 unspecified atom stereocenters. The number of likely N-dealkylation sites (N-methyl/N-ethyl adjacent to an activating group) is 1. The van der Waals surface area contributed by atoms with E-state index in [4.69, 9.17) is 0 Å². The first-order valence-electron chi connectivity index (χ1n) is 9.47. The van der Waals surface area contributed by atoms with E-state index in [0.29, 0.717) is 6.04 Å². The molecule has 0 bridgehead atoms. The summed E-state index contributed by atoms with van der Waals surface area (Å²) in [6.45, 7) is 14.4. The Balaban J connectivity index is 0.00000338. The molecule has 0 aliphatic carbocycles. The largest absolute Gasteiger partial charge is 0.355 e. The van der Waals surface area contributed by atoms with Gasteiger partial charge in [-0.3, -0.25) is 9.89 Å². The maximum Gasteiger partial charge on any atom is 0.193 e. The third kappa shape index (κ3) is 6.70. The summed E-state index contributed by atoms with van der Waals surface area (Å²) >= 11 is 0. The molecular formula is C20H36IN5. The second-order valence-corrected chi connectivity index (χ2v) is 7.03. The Morgan fingerprint density at radius 3 is 2.46 bits per heavy atom. The number of piperazine rings is 1. The molecule has 0 radical (unpaired) electrons. The van der Waals surface area contributed by atoms with Crippen LogP contribution in [0, 0.1) is 6.92 Å². The molecule has 5 nitrogen and oxygen atoms in total. The molecule has 148 valence electrons. The van der Waals surface area contributed by atoms with Gasteiger partial charge in [0.05, 0.1) is 0 Å². The summed E-state index contributed by atoms with van der Waals surface area (Å²) in [5.74, 6) is 0.960. The summed E-state index contributed by atoms with van der Waals surface area (Å²) in [4.78, 5) is 11.8. The molecule has 0 saturated carbocycles. The second kappa shape index (κ2) is 11.8. The Morgan fingerprint density at radius 1 is 1.23 bits per heavy atom. The molecule has 1 atom stereocenters. The third-order valence-electron chi connectivity index (χ3n) is 5.28. The van der Waals surface area contributed by atoms with Gasteiger partial charge in [0.25, 0.3) is 0 Å². The lowest BCUT2D eigenvalue weighted by atomic mass is 10.1. The van der Waals surface area contributed by atoms with Crippen molar-refractivity contribution in [3.8, 4) is 0 Å². The monoisotopic (exact) mass is 473 g/mol. The maximum atomic E-state index is 4.46. The van der Waals surface area contributed by atoms with E-state index < -0.39 is 0 Å². The Labute approximate surface area is 176 Å². The summed E-state index contributed by atoms with van der Waals surface area (Å²) in [7, 11) is 3.97. The number of nitrogens with one attached hydrogen (secondary N) is 1. The van der Waals surface area contributed by atoms with Crippen molar-refractivity contribution in [2.45, 2.75) is 33.4 Å². The predicted molar refractivity (Wildman–Crippen MR) is 123 cm³/mol. The van der Waals surface area contributed by atoms with E-state index in [1.807, 2.05) is 7.05 Å². The zero-order valence-electron chi connectivity index (χ0n) is 17.0. The number of hydrogen-bond acceptors (Lipinski definition) is 3. The SMILES string of the molecule is CCN1CCN(C(C)CNC(=NC)N(C)Cc2ccccc2C)CC1.I. The van der Waals surface area contributed by atoms with E-state index >= 15 is 0 Å². The highest BCUT2D eigenvalue weighted by molar-refractivity contribution is 14.0. The highest BCUT2D eigenvalue weighted by Crippen LogP contribution is 2.10. The van der Waals surface area contributed by atoms with Gasteiger partial charge in [0, 0.05) is 59.4 Å². The van der Waals surface area contributed by atoms with Crippen molar-refractivity contribution in [2.75, 3.05) is 53.4 Å². The van der Waals surface area contributed by atoms with Gasteiger partial charge in [-0.15, -0.1) is 24.0 Å². The first-order valence-corrected chi connectivity index (χ1v) is 9.47. The fourth-order valence-electron chi connectivity index (χ4n) is 3.39. The van der Waals surface area contributed by atoms with Crippen LogP contribution in [0.1, 0.15) is 25.0 Å². The highest BCUT2D eigenvalue weighted by atomic mass is 127. The minimum atomic E-state index is 0. The summed E-state index contributed by atoms with van der Waals surface area (Å²) in [5, 5.41) is 3.55. The minimum Gasteiger partial charge on any atom is -0.355 e. The van der Waals surface area contributed by atoms with Crippen LogP contribution in [0.15, 0.2) is 29.3 Å². The van der Waals surface area contributed by atoms with Crippen molar-refractivity contribution < 1.29 is 0 Å². The molecule has 1 aliphatic rings. The van der Waals surface area contributed by atoms with Crippen LogP contribution in [0.5, 0.6) is 0 Å². The topological polar surface area (TPSA) is 34.1 Å². The number of hydrogen-bond donors (Lipinski definition) is 1. The molecule has 1 aliphatic heterocycles. The van der Waals surface area contributed by atoms with E-state index in [0.717, 1.165) is 38.7 Å². The number of aryl methyl sites for hydroxylation is 1. The number of rotatable bonds is 6. The number of aliphatic imine (C=N–C) groups is 1. The molecule has 1 fully saturated rings. The standard InChI is InChI=1S/C20H35N5.HI/c1-6-24-11-13-25(14-12-24)18(3)15-22-20(21-4)23(5)16-19-10-8-7-9-17(19)2;/h7-10,18H,6,11-16H2,1-5H3,(H,21,22);1H. The van der Waals surface area contributed by atoms with Crippen LogP contribution in [0.3, 0.4) is 0 Å². The van der Waals surface area contributed by atoms with Gasteiger partial charge in [-0.25, -0.2) is 0 Å². The Kier molecular flexibility index (Phi) is 10.5. The molecule has 1 heterocycles. The van der Waals surface area contributed by atoms with E-state index in [1.165, 1.54) is 24.2 Å². The van der Waals surface area contributed by atoms with Crippen molar-refractivity contribution >= 4 is 29.9 Å². The average molecular weight is 473 g/mol. The zero-order valence-corrected chi connectivity index (χ0v) is 19.4. The summed E-state index contributed by atoms with van der Waals surface area (Å²) in [6, 6.07) is 9.06. The fraction of sp³-hybridized carbons (Fsp3) is 0.650. The van der Waals surface area contributed by atoms with Gasteiger partial charge in [-0.2, -0.15) is 0 Å². The fourth-order valence-corrected chi connectivity index (χ4v) is 3.39. The van der Waals surface area contributed by atoms with Crippen molar-refractivity contribution in [1.29, 1.82) is 0 Å². The molecular weight excluding hydrogens is 437 g/mol. The molecule has 1 aromatic rings. The maximum absolute atomic E-state index is 4.46. The molecule has 0 amide bonds. The normalized spacial score (nSPS) is 17.5. The summed E-state index contributed by atoms with van der Waals surface area (Å²) < 4.78 is 0. The van der Waals surface area contributed by atoms with Crippen molar-refractivity contribution in [3.05, 3.63) is 35.4 Å². The van der Waals surface area contributed by atoms with Crippen molar-refractivity contribution in [2.24, 2.45) is 4.99 Å². The van der Waals surface area contributed by atoms with Gasteiger partial charge in [-0.05, 0) is 31.5 Å². The smallest absolute Gasteiger partial charge is 0.193 e. The number of guanidine groups is 1. The predicted octanol–water partition coefficient (Wildman–Crippen LogP) is 2.65. The van der Waals surface area contributed by atoms with Gasteiger partial charge in [0.2, 0.25) is 0 Å². The molecule has 1 aromatic carbocycles. The van der Waals surface area contributed by atoms with E-state index in [1.54, 1.807) is 0 Å². The van der Waals surface area contributed by atoms with Crippen LogP contribution in [0.25, 0.3) is 0 Å². The van der Waals surface area contributed by atoms with E-state index in [9.17, 15) is 0 Å². The van der Waals surface area contributed by atoms with Crippen molar-refractivity contribution in [1.82, 2.24) is 20.0 Å². The second-order valence-electron chi connectivity index (χ2n) is 7.03. The van der Waals surface area contributed by atoms with Gasteiger partial charge in [0.1, 0.15) is 0 Å². The molecule has 1 saturated heterocycles. The third-order valence-corrected chi connectivity index (χ3v) is 5.28. The quantitative estimate of drug-likeness (QED) is 0.392. The Morgan fingerprint density at radius 2 is 1.88 bits per heavy atom. The molecule has 6 heteroatoms. The van der Waals surface area contributed by atoms with Crippen molar-refractivity contribution in [3.63, 3.8) is 0 Å². The van der Waals surface area contributed by atoms with Crippen LogP contribution in [-0.2, 0) is 6.54 Å². The molecule has 0 aromatic heterocycles. The lowest BCUT2D eigenvalue weighted by molar-refractivity contribution is 0.107. The van der Waals surface area contributed by atoms with Crippen LogP contribution in [-0.4, -0.2) is 80.1 Å². The van der Waals surface area contributed by atoms with Crippen LogP contribution in [0.4, 0.5) is 0 Å². The lowest BCUT2D eigenvalue weighted by Crippen LogP contribution is -2.53. The number of halogens is 1. The Hall–Kier alpha value is -0.860. The Bertz CT molecular complexity index is 555. The lowest BCUT2D eigenvalue weighted by Gasteiger charge is -2.38. The summed E-state index contributed by atoms with van der Waals surface area (Å²) in [5.41, 5.74) is 2.67. The minimum absolute atomic E-state index is 0. The van der Waals surface area contributed by atoms with Gasteiger partial charge in [0.15, 0.2) is 5.96 Å². The van der Waals surface area contributed by atoms with Gasteiger partial charge >= 0.3 is 0 Å². The van der Waals surface area contributed by atoms with Crippen LogP contribution < -0.4 is 5.32 Å². The molecule has 0 spiro atoms. The van der Waals surface area contributed by atoms with Gasteiger partial charge in [-0.1, -0.05) is 31.2 Å². The number of benzene rings is 1. The first-order chi connectivity index (χ1) is 12.0. The molecule has 26 heavy (non-hydrogen) atoms. The highest BCUT2D eigenvalue weighted by Gasteiger charge is 2.20. The molecule has 2 rings (SSSR count). The first kappa shape index (κ1) is 23.2. The molecule has 1 N–H and O–H groups in total. The van der Waals surface area contributed by atoms with Gasteiger partial charge < -0.3 is 15.1 Å². The average Bonchev–Trinajstić information content (AvgIpc) is 2.64. The van der Waals surface area contributed by atoms with E-state index in [2.05, 4.69) is 77.1 Å². The zero-order chi connectivity index (χ0) is 18.2. The van der Waals surface area contributed by atoms with Crippen LogP contribution >= 0.6 is 24.0 Å². The summed E-state index contributed by atoms with van der Waals surface area (Å²) in [6.07, 6.45) is 0. The van der Waals surface area contributed by atoms with E-state index in [-0.39, 0.29) is 24.0 Å². The van der Waals surface area contributed by atoms with Crippen LogP contribution in [0.2, 0.25) is 0 Å².